The minimum Gasteiger partial charge on any atom is -0.381 e. The van der Waals surface area contributed by atoms with Crippen molar-refractivity contribution in [1.29, 1.82) is 0 Å². The SMILES string of the molecule is CSc1ccc(-c2ccc(Cn3cc(C4CCOCC4)c4cc(-n5nc(C=O)cc5C)ccc43)cc2)cc1. The molecule has 38 heavy (non-hydrogen) atoms. The van der Waals surface area contributed by atoms with Gasteiger partial charge in [-0.1, -0.05) is 36.4 Å². The summed E-state index contributed by atoms with van der Waals surface area (Å²) in [4.78, 5) is 12.6. The van der Waals surface area contributed by atoms with Crippen LogP contribution in [-0.2, 0) is 11.3 Å². The number of hydrogen-bond acceptors (Lipinski definition) is 4. The molecule has 192 valence electrons. The first-order valence-corrected chi connectivity index (χ1v) is 14.3. The fourth-order valence-electron chi connectivity index (χ4n) is 5.51. The smallest absolute Gasteiger partial charge is 0.170 e. The molecular weight excluding hydrogens is 490 g/mol. The van der Waals surface area contributed by atoms with E-state index in [1.54, 1.807) is 11.8 Å². The van der Waals surface area contributed by atoms with Gasteiger partial charge in [0.15, 0.2) is 6.29 Å². The zero-order chi connectivity index (χ0) is 26.1. The molecule has 5 aromatic rings. The summed E-state index contributed by atoms with van der Waals surface area (Å²) < 4.78 is 9.90. The summed E-state index contributed by atoms with van der Waals surface area (Å²) in [5, 5.41) is 5.74. The Kier molecular flexibility index (Phi) is 6.92. The van der Waals surface area contributed by atoms with Crippen molar-refractivity contribution >= 4 is 29.0 Å². The predicted molar refractivity (Wildman–Crippen MR) is 155 cm³/mol. The zero-order valence-electron chi connectivity index (χ0n) is 21.8. The lowest BCUT2D eigenvalue weighted by Crippen LogP contribution is -2.13. The number of thioether (sulfide) groups is 1. The first-order valence-electron chi connectivity index (χ1n) is 13.1. The van der Waals surface area contributed by atoms with Gasteiger partial charge in [0.1, 0.15) is 5.69 Å². The van der Waals surface area contributed by atoms with Gasteiger partial charge >= 0.3 is 0 Å². The first-order chi connectivity index (χ1) is 18.6. The van der Waals surface area contributed by atoms with E-state index in [0.717, 1.165) is 50.3 Å². The molecule has 2 aromatic heterocycles. The molecule has 1 aliphatic rings. The minimum absolute atomic E-state index is 0.452. The van der Waals surface area contributed by atoms with Gasteiger partial charge in [0.2, 0.25) is 0 Å². The number of benzene rings is 3. The third-order valence-electron chi connectivity index (χ3n) is 7.56. The minimum atomic E-state index is 0.452. The van der Waals surface area contributed by atoms with Crippen molar-refractivity contribution in [3.63, 3.8) is 0 Å². The van der Waals surface area contributed by atoms with E-state index in [2.05, 4.69) is 88.8 Å². The average Bonchev–Trinajstić information content (AvgIpc) is 3.53. The second-order valence-electron chi connectivity index (χ2n) is 9.97. The van der Waals surface area contributed by atoms with Gasteiger partial charge in [0.05, 0.1) is 5.69 Å². The molecule has 3 aromatic carbocycles. The maximum Gasteiger partial charge on any atom is 0.170 e. The Balaban J connectivity index is 1.35. The molecular formula is C32H31N3O2S. The number of aldehydes is 1. The van der Waals surface area contributed by atoms with Crippen LogP contribution < -0.4 is 0 Å². The molecule has 0 N–H and O–H groups in total. The highest BCUT2D eigenvalue weighted by atomic mass is 32.2. The van der Waals surface area contributed by atoms with Crippen LogP contribution in [0.1, 0.15) is 46.1 Å². The van der Waals surface area contributed by atoms with Crippen LogP contribution in [0, 0.1) is 6.92 Å². The quantitative estimate of drug-likeness (QED) is 0.167. The van der Waals surface area contributed by atoms with Crippen molar-refractivity contribution < 1.29 is 9.53 Å². The van der Waals surface area contributed by atoms with Crippen LogP contribution in [0.15, 0.2) is 83.9 Å². The summed E-state index contributed by atoms with van der Waals surface area (Å²) in [6, 6.07) is 26.0. The monoisotopic (exact) mass is 521 g/mol. The van der Waals surface area contributed by atoms with Gasteiger partial charge < -0.3 is 9.30 Å². The van der Waals surface area contributed by atoms with E-state index < -0.39 is 0 Å². The number of fused-ring (bicyclic) bond motifs is 1. The van der Waals surface area contributed by atoms with E-state index in [1.165, 1.54) is 38.1 Å². The van der Waals surface area contributed by atoms with Crippen molar-refractivity contribution in [3.05, 3.63) is 102 Å². The number of carbonyl (C=O) groups excluding carboxylic acids is 1. The van der Waals surface area contributed by atoms with Crippen LogP contribution in [0.25, 0.3) is 27.7 Å². The van der Waals surface area contributed by atoms with Crippen molar-refractivity contribution in [3.8, 4) is 16.8 Å². The van der Waals surface area contributed by atoms with Crippen LogP contribution >= 0.6 is 11.8 Å². The molecule has 5 nitrogen and oxygen atoms in total. The molecule has 0 bridgehead atoms. The molecule has 1 fully saturated rings. The molecule has 0 atom stereocenters. The maximum atomic E-state index is 11.3. The van der Waals surface area contributed by atoms with Crippen molar-refractivity contribution in [2.45, 2.75) is 37.1 Å². The number of ether oxygens (including phenoxy) is 1. The summed E-state index contributed by atoms with van der Waals surface area (Å²) in [5.74, 6) is 0.471. The lowest BCUT2D eigenvalue weighted by molar-refractivity contribution is 0.0856. The lowest BCUT2D eigenvalue weighted by Gasteiger charge is -2.21. The Morgan fingerprint density at radius 3 is 2.34 bits per heavy atom. The van der Waals surface area contributed by atoms with E-state index in [0.29, 0.717) is 11.6 Å². The van der Waals surface area contributed by atoms with E-state index in [1.807, 2.05) is 17.7 Å². The van der Waals surface area contributed by atoms with E-state index in [-0.39, 0.29) is 0 Å². The molecule has 0 radical (unpaired) electrons. The Bertz CT molecular complexity index is 1580. The highest BCUT2D eigenvalue weighted by Gasteiger charge is 2.22. The lowest BCUT2D eigenvalue weighted by atomic mass is 9.91. The number of carbonyl (C=O) groups is 1. The Labute approximate surface area is 227 Å². The third kappa shape index (κ3) is 4.82. The molecule has 0 saturated carbocycles. The highest BCUT2D eigenvalue weighted by Crippen LogP contribution is 2.35. The molecule has 1 saturated heterocycles. The summed E-state index contributed by atoms with van der Waals surface area (Å²) in [5.41, 5.74) is 8.70. The molecule has 3 heterocycles. The van der Waals surface area contributed by atoms with Crippen molar-refractivity contribution in [2.24, 2.45) is 0 Å². The van der Waals surface area contributed by atoms with Crippen LogP contribution in [-0.4, -0.2) is 40.1 Å². The van der Waals surface area contributed by atoms with Gasteiger partial charge in [-0.15, -0.1) is 11.8 Å². The van der Waals surface area contributed by atoms with Crippen LogP contribution in [0.4, 0.5) is 0 Å². The standard InChI is InChI=1S/C32H31N3O2S/c1-22-17-27(21-36)33-35(22)28-9-12-32-30(18-28)31(26-13-15-37-16-14-26)20-34(32)19-23-3-5-24(6-4-23)25-7-10-29(38-2)11-8-25/h3-12,17-18,20-21,26H,13-16,19H2,1-2H3. The van der Waals surface area contributed by atoms with Gasteiger partial charge in [-0.05, 0) is 90.6 Å². The van der Waals surface area contributed by atoms with Crippen molar-refractivity contribution in [1.82, 2.24) is 14.3 Å². The number of nitrogens with zero attached hydrogens (tertiary/aromatic N) is 3. The first kappa shape index (κ1) is 24.7. The molecule has 6 rings (SSSR count). The largest absolute Gasteiger partial charge is 0.381 e. The topological polar surface area (TPSA) is 49.0 Å². The van der Waals surface area contributed by atoms with Crippen LogP contribution in [0.5, 0.6) is 0 Å². The van der Waals surface area contributed by atoms with E-state index in [9.17, 15) is 4.79 Å². The normalized spacial score (nSPS) is 14.3. The van der Waals surface area contributed by atoms with Crippen LogP contribution in [0.3, 0.4) is 0 Å². The second-order valence-corrected chi connectivity index (χ2v) is 10.8. The molecule has 0 amide bonds. The Morgan fingerprint density at radius 1 is 0.974 bits per heavy atom. The van der Waals surface area contributed by atoms with Gasteiger partial charge in [0.25, 0.3) is 0 Å². The van der Waals surface area contributed by atoms with Crippen molar-refractivity contribution in [2.75, 3.05) is 19.5 Å². The summed E-state index contributed by atoms with van der Waals surface area (Å²) in [7, 11) is 0. The molecule has 6 heteroatoms. The fourth-order valence-corrected chi connectivity index (χ4v) is 5.92. The number of aromatic nitrogens is 3. The zero-order valence-corrected chi connectivity index (χ0v) is 22.6. The predicted octanol–water partition coefficient (Wildman–Crippen LogP) is 7.28. The Morgan fingerprint density at radius 2 is 1.68 bits per heavy atom. The molecule has 0 aliphatic carbocycles. The van der Waals surface area contributed by atoms with Crippen LogP contribution in [0.2, 0.25) is 0 Å². The molecule has 0 spiro atoms. The van der Waals surface area contributed by atoms with E-state index in [4.69, 9.17) is 4.74 Å². The number of rotatable bonds is 7. The third-order valence-corrected chi connectivity index (χ3v) is 8.30. The van der Waals surface area contributed by atoms with E-state index >= 15 is 0 Å². The van der Waals surface area contributed by atoms with Gasteiger partial charge in [0, 0.05) is 47.4 Å². The van der Waals surface area contributed by atoms with Gasteiger partial charge in [-0.3, -0.25) is 4.79 Å². The second kappa shape index (κ2) is 10.6. The average molecular weight is 522 g/mol. The van der Waals surface area contributed by atoms with Gasteiger partial charge in [-0.2, -0.15) is 5.10 Å². The summed E-state index contributed by atoms with van der Waals surface area (Å²) in [6.45, 7) is 4.39. The number of hydrogen-bond donors (Lipinski definition) is 0. The summed E-state index contributed by atoms with van der Waals surface area (Å²) in [6.07, 6.45) is 7.31. The maximum absolute atomic E-state index is 11.3. The summed E-state index contributed by atoms with van der Waals surface area (Å²) >= 11 is 1.76. The molecule has 0 unspecified atom stereocenters. The number of aryl methyl sites for hydroxylation is 1. The highest BCUT2D eigenvalue weighted by molar-refractivity contribution is 7.98. The van der Waals surface area contributed by atoms with Gasteiger partial charge in [-0.25, -0.2) is 4.68 Å². The molecule has 1 aliphatic heterocycles. The fraction of sp³-hybridized carbons (Fsp3) is 0.250. The Hall–Kier alpha value is -3.61.